The van der Waals surface area contributed by atoms with E-state index < -0.39 is 30.7 Å². The van der Waals surface area contributed by atoms with Gasteiger partial charge in [-0.25, -0.2) is 14.4 Å². The quantitative estimate of drug-likeness (QED) is 0.0625. The standard InChI is InChI=1S/C23H38O9/c1-7-9-11-13-15-17(3)21(24)31-29-19(5)27-23(26)28-20(6)30-32-22(25)18(4)16-14-12-10-8-2/h19-20H,3-4,7-16H2,1-2,5-6H3. The molecule has 0 aliphatic heterocycles. The van der Waals surface area contributed by atoms with Crippen LogP contribution in [-0.2, 0) is 38.6 Å². The molecule has 0 saturated heterocycles. The van der Waals surface area contributed by atoms with Crippen molar-refractivity contribution in [3.05, 3.63) is 24.3 Å². The van der Waals surface area contributed by atoms with E-state index in [4.69, 9.17) is 19.2 Å². The van der Waals surface area contributed by atoms with Crippen LogP contribution in [0.1, 0.15) is 91.9 Å². The van der Waals surface area contributed by atoms with Crippen molar-refractivity contribution in [2.45, 2.75) is 104 Å². The van der Waals surface area contributed by atoms with E-state index in [1.165, 1.54) is 13.8 Å². The summed E-state index contributed by atoms with van der Waals surface area (Å²) < 4.78 is 9.53. The fourth-order valence-corrected chi connectivity index (χ4v) is 2.41. The highest BCUT2D eigenvalue weighted by Crippen LogP contribution is 2.12. The topological polar surface area (TPSA) is 107 Å². The molecule has 0 amide bonds. The van der Waals surface area contributed by atoms with Crippen molar-refractivity contribution >= 4 is 18.1 Å². The summed E-state index contributed by atoms with van der Waals surface area (Å²) in [4.78, 5) is 53.9. The lowest BCUT2D eigenvalue weighted by molar-refractivity contribution is -0.350. The average Bonchev–Trinajstić information content (AvgIpc) is 2.75. The lowest BCUT2D eigenvalue weighted by Crippen LogP contribution is -2.25. The largest absolute Gasteiger partial charge is 0.513 e. The number of hydrogen-bond acceptors (Lipinski definition) is 9. The van der Waals surface area contributed by atoms with Gasteiger partial charge in [0.25, 0.3) is 0 Å². The maximum atomic E-state index is 11.8. The zero-order valence-corrected chi connectivity index (χ0v) is 19.8. The second-order valence-electron chi connectivity index (χ2n) is 7.38. The molecular formula is C23H38O9. The number of hydrogen-bond donors (Lipinski definition) is 0. The monoisotopic (exact) mass is 458 g/mol. The van der Waals surface area contributed by atoms with Gasteiger partial charge in [-0.15, -0.1) is 9.78 Å². The number of ether oxygens (including phenoxy) is 2. The summed E-state index contributed by atoms with van der Waals surface area (Å²) in [5, 5.41) is 0. The van der Waals surface area contributed by atoms with Crippen molar-refractivity contribution in [1.29, 1.82) is 0 Å². The second-order valence-corrected chi connectivity index (χ2v) is 7.38. The Morgan fingerprint density at radius 1 is 0.656 bits per heavy atom. The Morgan fingerprint density at radius 2 is 1.03 bits per heavy atom. The van der Waals surface area contributed by atoms with Crippen LogP contribution >= 0.6 is 0 Å². The van der Waals surface area contributed by atoms with Gasteiger partial charge in [0.1, 0.15) is 0 Å². The predicted molar refractivity (Wildman–Crippen MR) is 117 cm³/mol. The minimum Gasteiger partial charge on any atom is -0.401 e. The van der Waals surface area contributed by atoms with Crippen LogP contribution in [-0.4, -0.2) is 30.7 Å². The molecule has 0 radical (unpaired) electrons. The molecule has 0 aliphatic rings. The Bertz CT molecular complexity index is 550. The summed E-state index contributed by atoms with van der Waals surface area (Å²) in [5.41, 5.74) is 0.540. The molecule has 0 N–H and O–H groups in total. The molecule has 2 unspecified atom stereocenters. The Morgan fingerprint density at radius 3 is 1.38 bits per heavy atom. The molecule has 184 valence electrons. The lowest BCUT2D eigenvalue weighted by Gasteiger charge is -2.15. The maximum absolute atomic E-state index is 11.8. The summed E-state index contributed by atoms with van der Waals surface area (Å²) in [5.74, 6) is -1.47. The van der Waals surface area contributed by atoms with Crippen molar-refractivity contribution < 1.29 is 43.4 Å². The van der Waals surface area contributed by atoms with Crippen molar-refractivity contribution in [3.63, 3.8) is 0 Å². The van der Waals surface area contributed by atoms with Gasteiger partial charge in [-0.2, -0.15) is 0 Å². The molecule has 0 heterocycles. The summed E-state index contributed by atoms with van der Waals surface area (Å²) in [6.07, 6.45) is 5.34. The number of carbonyl (C=O) groups excluding carboxylic acids is 3. The number of carbonyl (C=O) groups is 3. The van der Waals surface area contributed by atoms with E-state index in [1.54, 1.807) is 0 Å². The number of rotatable bonds is 18. The average molecular weight is 459 g/mol. The van der Waals surface area contributed by atoms with Crippen molar-refractivity contribution in [3.8, 4) is 0 Å². The van der Waals surface area contributed by atoms with Gasteiger partial charge in [0, 0.05) is 25.0 Å². The van der Waals surface area contributed by atoms with E-state index in [0.29, 0.717) is 12.8 Å². The Hall–Kier alpha value is -2.39. The summed E-state index contributed by atoms with van der Waals surface area (Å²) in [6, 6.07) is 0. The van der Waals surface area contributed by atoms with E-state index in [1.807, 2.05) is 0 Å². The van der Waals surface area contributed by atoms with Crippen molar-refractivity contribution in [2.24, 2.45) is 0 Å². The molecule has 9 heteroatoms. The predicted octanol–water partition coefficient (Wildman–Crippen LogP) is 5.83. The molecule has 2 atom stereocenters. The molecule has 0 bridgehead atoms. The van der Waals surface area contributed by atoms with E-state index in [-0.39, 0.29) is 11.1 Å². The van der Waals surface area contributed by atoms with Crippen LogP contribution in [0.3, 0.4) is 0 Å². The highest BCUT2D eigenvalue weighted by Gasteiger charge is 2.20. The highest BCUT2D eigenvalue weighted by atomic mass is 17.2. The third-order valence-electron chi connectivity index (χ3n) is 4.28. The van der Waals surface area contributed by atoms with Gasteiger partial charge in [0.2, 0.25) is 12.6 Å². The summed E-state index contributed by atoms with van der Waals surface area (Å²) in [7, 11) is 0. The third-order valence-corrected chi connectivity index (χ3v) is 4.28. The zero-order valence-electron chi connectivity index (χ0n) is 19.8. The molecule has 0 spiro atoms. The molecule has 0 aromatic heterocycles. The minimum atomic E-state index is -1.24. The van der Waals surface area contributed by atoms with E-state index in [0.717, 1.165) is 51.4 Å². The van der Waals surface area contributed by atoms with E-state index in [9.17, 15) is 14.4 Å². The molecule has 0 fully saturated rings. The van der Waals surface area contributed by atoms with E-state index >= 15 is 0 Å². The van der Waals surface area contributed by atoms with Gasteiger partial charge in [-0.3, -0.25) is 9.78 Å². The lowest BCUT2D eigenvalue weighted by atomic mass is 10.1. The maximum Gasteiger partial charge on any atom is 0.513 e. The van der Waals surface area contributed by atoms with Crippen LogP contribution in [0.25, 0.3) is 0 Å². The van der Waals surface area contributed by atoms with Crippen LogP contribution in [0.15, 0.2) is 24.3 Å². The van der Waals surface area contributed by atoms with Gasteiger partial charge in [0.05, 0.1) is 0 Å². The molecular weight excluding hydrogens is 420 g/mol. The molecule has 32 heavy (non-hydrogen) atoms. The van der Waals surface area contributed by atoms with Crippen LogP contribution in [0.5, 0.6) is 0 Å². The minimum absolute atomic E-state index is 0.270. The molecule has 0 aromatic carbocycles. The smallest absolute Gasteiger partial charge is 0.401 e. The Balaban J connectivity index is 4.04. The van der Waals surface area contributed by atoms with Gasteiger partial charge in [0.15, 0.2) is 0 Å². The first-order valence-electron chi connectivity index (χ1n) is 11.2. The van der Waals surface area contributed by atoms with Crippen LogP contribution in [0, 0.1) is 0 Å². The fourth-order valence-electron chi connectivity index (χ4n) is 2.41. The van der Waals surface area contributed by atoms with Crippen molar-refractivity contribution in [1.82, 2.24) is 0 Å². The van der Waals surface area contributed by atoms with Crippen LogP contribution in [0.4, 0.5) is 4.79 Å². The molecule has 0 rings (SSSR count). The van der Waals surface area contributed by atoms with Gasteiger partial charge >= 0.3 is 18.1 Å². The SMILES string of the molecule is C=C(CCCCCC)C(=O)OOC(C)OC(=O)OC(C)OOC(=O)C(=C)CCCCCC. The second kappa shape index (κ2) is 18.2. The third kappa shape index (κ3) is 15.4. The molecule has 9 nitrogen and oxygen atoms in total. The summed E-state index contributed by atoms with van der Waals surface area (Å²) >= 11 is 0. The van der Waals surface area contributed by atoms with Crippen molar-refractivity contribution in [2.75, 3.05) is 0 Å². The normalized spacial score (nSPS) is 12.4. The first kappa shape index (κ1) is 29.6. The highest BCUT2D eigenvalue weighted by molar-refractivity contribution is 5.87. The first-order valence-corrected chi connectivity index (χ1v) is 11.2. The molecule has 0 aromatic rings. The summed E-state index contributed by atoms with van der Waals surface area (Å²) in [6.45, 7) is 14.1. The van der Waals surface area contributed by atoms with Gasteiger partial charge in [-0.05, 0) is 25.7 Å². The fraction of sp³-hybridized carbons (Fsp3) is 0.696. The van der Waals surface area contributed by atoms with Gasteiger partial charge in [-0.1, -0.05) is 65.5 Å². The Kier molecular flexibility index (Phi) is 16.8. The van der Waals surface area contributed by atoms with Crippen LogP contribution in [0.2, 0.25) is 0 Å². The molecule has 0 saturated carbocycles. The van der Waals surface area contributed by atoms with Gasteiger partial charge < -0.3 is 9.47 Å². The Labute approximate surface area is 190 Å². The van der Waals surface area contributed by atoms with Crippen LogP contribution < -0.4 is 0 Å². The first-order chi connectivity index (χ1) is 15.2. The van der Waals surface area contributed by atoms with E-state index in [2.05, 4.69) is 36.8 Å². The number of unbranched alkanes of at least 4 members (excludes halogenated alkanes) is 6. The molecule has 0 aliphatic carbocycles. The zero-order chi connectivity index (χ0) is 24.4.